The van der Waals surface area contributed by atoms with Gasteiger partial charge in [-0.3, -0.25) is 19.7 Å². The Morgan fingerprint density at radius 3 is 2.73 bits per heavy atom. The molecule has 3 amide bonds. The second-order valence-electron chi connectivity index (χ2n) is 6.67. The van der Waals surface area contributed by atoms with Gasteiger partial charge in [-0.05, 0) is 37.8 Å². The average molecular weight is 360 g/mol. The Morgan fingerprint density at radius 2 is 1.96 bits per heavy atom. The number of amides is 3. The number of rotatable bonds is 8. The summed E-state index contributed by atoms with van der Waals surface area (Å²) in [5.41, 5.74) is 1.37. The van der Waals surface area contributed by atoms with Crippen molar-refractivity contribution in [3.63, 3.8) is 0 Å². The van der Waals surface area contributed by atoms with Crippen molar-refractivity contribution in [1.29, 1.82) is 0 Å². The molecule has 7 nitrogen and oxygen atoms in total. The van der Waals surface area contributed by atoms with Gasteiger partial charge in [0.15, 0.2) is 0 Å². The number of fused-ring (bicyclic) bond motifs is 1. The van der Waals surface area contributed by atoms with Crippen LogP contribution in [0.3, 0.4) is 0 Å². The van der Waals surface area contributed by atoms with E-state index in [4.69, 9.17) is 9.84 Å². The number of benzene rings is 1. The lowest BCUT2D eigenvalue weighted by Crippen LogP contribution is -2.52. The summed E-state index contributed by atoms with van der Waals surface area (Å²) in [4.78, 5) is 37.7. The van der Waals surface area contributed by atoms with Crippen LogP contribution in [0.4, 0.5) is 0 Å². The molecule has 1 atom stereocenters. The molecule has 1 saturated heterocycles. The first-order chi connectivity index (χ1) is 12.6. The van der Waals surface area contributed by atoms with Gasteiger partial charge in [0, 0.05) is 24.2 Å². The first-order valence-electron chi connectivity index (χ1n) is 9.12. The van der Waals surface area contributed by atoms with Crippen molar-refractivity contribution in [2.24, 2.45) is 0 Å². The van der Waals surface area contributed by atoms with Crippen molar-refractivity contribution in [1.82, 2.24) is 10.2 Å². The average Bonchev–Trinajstić information content (AvgIpc) is 2.96. The van der Waals surface area contributed by atoms with E-state index in [-0.39, 0.29) is 24.8 Å². The molecule has 0 saturated carbocycles. The molecular formula is C19H24N2O5. The summed E-state index contributed by atoms with van der Waals surface area (Å²) in [5, 5.41) is 11.1. The number of unbranched alkanes of at least 4 members (excludes halogenated alkanes) is 3. The fraction of sp³-hybridized carbons (Fsp3) is 0.526. The molecule has 1 unspecified atom stereocenters. The van der Waals surface area contributed by atoms with Gasteiger partial charge in [-0.25, -0.2) is 0 Å². The minimum absolute atomic E-state index is 0.192. The maximum atomic E-state index is 12.7. The van der Waals surface area contributed by atoms with Crippen molar-refractivity contribution in [3.8, 4) is 5.75 Å². The monoisotopic (exact) mass is 360 g/mol. The Balaban J connectivity index is 1.64. The largest absolute Gasteiger partial charge is 0.493 e. The number of nitrogens with one attached hydrogen (secondary N) is 1. The standard InChI is InChI=1S/C19H24N2O5/c22-10-3-1-2-4-11-26-16-7-5-6-13-14(16)12-21(19(13)25)15-8-9-17(23)20-18(15)24/h5-7,15,22H,1-4,8-12H2,(H,20,23,24). The van der Waals surface area contributed by atoms with Gasteiger partial charge >= 0.3 is 0 Å². The van der Waals surface area contributed by atoms with E-state index >= 15 is 0 Å². The Bertz CT molecular complexity index is 703. The van der Waals surface area contributed by atoms with Gasteiger partial charge in [0.2, 0.25) is 11.8 Å². The number of ether oxygens (including phenoxy) is 1. The van der Waals surface area contributed by atoms with Crippen LogP contribution < -0.4 is 10.1 Å². The number of nitrogens with zero attached hydrogens (tertiary/aromatic N) is 1. The number of aliphatic hydroxyl groups excluding tert-OH is 1. The maximum Gasteiger partial charge on any atom is 0.255 e. The first-order valence-corrected chi connectivity index (χ1v) is 9.12. The van der Waals surface area contributed by atoms with E-state index in [0.29, 0.717) is 30.9 Å². The van der Waals surface area contributed by atoms with E-state index in [2.05, 4.69) is 5.32 Å². The number of hydrogen-bond acceptors (Lipinski definition) is 5. The van der Waals surface area contributed by atoms with Crippen LogP contribution in [0, 0.1) is 0 Å². The Morgan fingerprint density at radius 1 is 1.15 bits per heavy atom. The second-order valence-corrected chi connectivity index (χ2v) is 6.67. The van der Waals surface area contributed by atoms with Crippen LogP contribution in [0.5, 0.6) is 5.75 Å². The third kappa shape index (κ3) is 3.88. The van der Waals surface area contributed by atoms with Gasteiger partial charge in [-0.2, -0.15) is 0 Å². The van der Waals surface area contributed by atoms with Gasteiger partial charge in [0.05, 0.1) is 13.2 Å². The number of hydrogen-bond donors (Lipinski definition) is 2. The van der Waals surface area contributed by atoms with Crippen LogP contribution in [0.25, 0.3) is 0 Å². The Hall–Kier alpha value is -2.41. The number of aliphatic hydroxyl groups is 1. The summed E-state index contributed by atoms with van der Waals surface area (Å²) >= 11 is 0. The fourth-order valence-electron chi connectivity index (χ4n) is 3.44. The number of piperidine rings is 1. The molecular weight excluding hydrogens is 336 g/mol. The molecule has 2 heterocycles. The van der Waals surface area contributed by atoms with Crippen LogP contribution in [0.2, 0.25) is 0 Å². The van der Waals surface area contributed by atoms with Crippen molar-refractivity contribution in [2.75, 3.05) is 13.2 Å². The lowest BCUT2D eigenvalue weighted by Gasteiger charge is -2.29. The zero-order chi connectivity index (χ0) is 18.5. The van der Waals surface area contributed by atoms with Gasteiger partial charge in [-0.1, -0.05) is 12.5 Å². The summed E-state index contributed by atoms with van der Waals surface area (Å²) in [6, 6.07) is 4.76. The van der Waals surface area contributed by atoms with Gasteiger partial charge < -0.3 is 14.7 Å². The van der Waals surface area contributed by atoms with E-state index in [0.717, 1.165) is 31.2 Å². The van der Waals surface area contributed by atoms with Crippen LogP contribution in [0.15, 0.2) is 18.2 Å². The normalized spacial score (nSPS) is 19.5. The molecule has 2 aliphatic rings. The molecule has 0 aliphatic carbocycles. The van der Waals surface area contributed by atoms with E-state index in [1.807, 2.05) is 6.07 Å². The Kier molecular flexibility index (Phi) is 5.88. The number of carbonyl (C=O) groups is 3. The smallest absolute Gasteiger partial charge is 0.255 e. The summed E-state index contributed by atoms with van der Waals surface area (Å²) in [7, 11) is 0. The van der Waals surface area contributed by atoms with Crippen molar-refractivity contribution < 1.29 is 24.2 Å². The minimum Gasteiger partial charge on any atom is -0.493 e. The zero-order valence-corrected chi connectivity index (χ0v) is 14.7. The van der Waals surface area contributed by atoms with Crippen LogP contribution in [0.1, 0.15) is 54.4 Å². The van der Waals surface area contributed by atoms with Crippen molar-refractivity contribution in [2.45, 2.75) is 51.1 Å². The lowest BCUT2D eigenvalue weighted by atomic mass is 10.0. The van der Waals surface area contributed by atoms with Gasteiger partial charge in [-0.15, -0.1) is 0 Å². The van der Waals surface area contributed by atoms with Crippen LogP contribution in [-0.4, -0.2) is 47.0 Å². The zero-order valence-electron chi connectivity index (χ0n) is 14.7. The van der Waals surface area contributed by atoms with Gasteiger partial charge in [0.25, 0.3) is 5.91 Å². The quantitative estimate of drug-likeness (QED) is 0.539. The molecule has 3 rings (SSSR count). The number of carbonyl (C=O) groups excluding carboxylic acids is 3. The van der Waals surface area contributed by atoms with Crippen molar-refractivity contribution in [3.05, 3.63) is 29.3 Å². The third-order valence-electron chi connectivity index (χ3n) is 4.85. The molecule has 0 aromatic heterocycles. The third-order valence-corrected chi connectivity index (χ3v) is 4.85. The molecule has 1 aromatic carbocycles. The molecule has 7 heteroatoms. The molecule has 1 fully saturated rings. The van der Waals surface area contributed by atoms with E-state index in [1.165, 1.54) is 4.90 Å². The molecule has 0 spiro atoms. The molecule has 1 aromatic rings. The summed E-state index contributed by atoms with van der Waals surface area (Å²) in [5.74, 6) is -0.218. The highest BCUT2D eigenvalue weighted by atomic mass is 16.5. The second kappa shape index (κ2) is 8.31. The van der Waals surface area contributed by atoms with Crippen LogP contribution in [-0.2, 0) is 16.1 Å². The van der Waals surface area contributed by atoms with Crippen LogP contribution >= 0.6 is 0 Å². The summed E-state index contributed by atoms with van der Waals surface area (Å²) < 4.78 is 5.86. The number of imide groups is 1. The van der Waals surface area contributed by atoms with E-state index < -0.39 is 11.9 Å². The molecule has 0 radical (unpaired) electrons. The lowest BCUT2D eigenvalue weighted by molar-refractivity contribution is -0.136. The first kappa shape index (κ1) is 18.4. The van der Waals surface area contributed by atoms with Crippen molar-refractivity contribution >= 4 is 17.7 Å². The highest BCUT2D eigenvalue weighted by Gasteiger charge is 2.40. The predicted molar refractivity (Wildman–Crippen MR) is 93.5 cm³/mol. The molecule has 2 aliphatic heterocycles. The highest BCUT2D eigenvalue weighted by Crippen LogP contribution is 2.33. The topological polar surface area (TPSA) is 95.9 Å². The Labute approximate surface area is 152 Å². The molecule has 140 valence electrons. The molecule has 2 N–H and O–H groups in total. The molecule has 0 bridgehead atoms. The van der Waals surface area contributed by atoms with E-state index in [9.17, 15) is 14.4 Å². The van der Waals surface area contributed by atoms with E-state index in [1.54, 1.807) is 12.1 Å². The summed E-state index contributed by atoms with van der Waals surface area (Å²) in [6.45, 7) is 1.08. The fourth-order valence-corrected chi connectivity index (χ4v) is 3.44. The highest BCUT2D eigenvalue weighted by molar-refractivity contribution is 6.05. The minimum atomic E-state index is -0.612. The predicted octanol–water partition coefficient (Wildman–Crippen LogP) is 1.38. The van der Waals surface area contributed by atoms with Gasteiger partial charge in [0.1, 0.15) is 11.8 Å². The maximum absolute atomic E-state index is 12.7. The molecule has 26 heavy (non-hydrogen) atoms. The summed E-state index contributed by atoms with van der Waals surface area (Å²) in [6.07, 6.45) is 4.23. The SMILES string of the molecule is O=C1CCC(N2Cc3c(OCCCCCCO)cccc3C2=O)C(=O)N1.